The van der Waals surface area contributed by atoms with Gasteiger partial charge in [-0.2, -0.15) is 21.8 Å². The van der Waals surface area contributed by atoms with Gasteiger partial charge in [-0.05, 0) is 25.0 Å². The van der Waals surface area contributed by atoms with Crippen molar-refractivity contribution < 1.29 is 83.9 Å². The van der Waals surface area contributed by atoms with Crippen molar-refractivity contribution in [2.24, 2.45) is 5.92 Å². The zero-order valence-corrected chi connectivity index (χ0v) is 29.8. The number of phosphoric ester groups is 1. The van der Waals surface area contributed by atoms with Crippen molar-refractivity contribution in [2.45, 2.75) is 57.4 Å². The van der Waals surface area contributed by atoms with Crippen LogP contribution in [0, 0.1) is 27.9 Å². The van der Waals surface area contributed by atoms with Crippen LogP contribution in [0.1, 0.15) is 44.4 Å². The van der Waals surface area contributed by atoms with E-state index in [0.717, 1.165) is 16.8 Å². The van der Waals surface area contributed by atoms with Gasteiger partial charge in [0.05, 0.1) is 35.9 Å². The summed E-state index contributed by atoms with van der Waals surface area (Å²) in [7, 11) is -17.1. The summed E-state index contributed by atoms with van der Waals surface area (Å²) in [5.41, 5.74) is -4.79. The molecule has 28 heteroatoms. The molecule has 1 aromatic heterocycles. The predicted molar refractivity (Wildman–Crippen MR) is 168 cm³/mol. The Labute approximate surface area is 294 Å². The van der Waals surface area contributed by atoms with Gasteiger partial charge >= 0.3 is 41.2 Å². The van der Waals surface area contributed by atoms with Gasteiger partial charge in [0.2, 0.25) is 5.75 Å². The summed E-state index contributed by atoms with van der Waals surface area (Å²) in [5.74, 6) is 1.19. The normalized spacial score (nSPS) is 21.9. The Morgan fingerprint density at radius 1 is 1.19 bits per heavy atom. The van der Waals surface area contributed by atoms with Crippen molar-refractivity contribution in [3.63, 3.8) is 0 Å². The number of nitrogens with zero attached hydrogens (tertiary/aromatic N) is 2. The van der Waals surface area contributed by atoms with E-state index in [0.29, 0.717) is 0 Å². The molecule has 53 heavy (non-hydrogen) atoms. The predicted octanol–water partition coefficient (Wildman–Crippen LogP) is 1.42. The van der Waals surface area contributed by atoms with E-state index in [4.69, 9.17) is 19.3 Å². The zero-order valence-electron chi connectivity index (χ0n) is 27.2. The summed E-state index contributed by atoms with van der Waals surface area (Å²) in [6.45, 7) is 2.55. The molecule has 2 heterocycles. The van der Waals surface area contributed by atoms with Gasteiger partial charge < -0.3 is 39.5 Å². The molecule has 1 aliphatic heterocycles. The van der Waals surface area contributed by atoms with Crippen molar-refractivity contribution in [1.82, 2.24) is 14.9 Å². The van der Waals surface area contributed by atoms with E-state index in [1.807, 2.05) is 4.98 Å². The van der Waals surface area contributed by atoms with Crippen molar-refractivity contribution in [3.05, 3.63) is 66.5 Å². The fourth-order valence-electron chi connectivity index (χ4n) is 4.72. The third-order valence-corrected chi connectivity index (χ3v) is 10.7. The molecule has 1 aliphatic rings. The second-order valence-corrected chi connectivity index (χ2v) is 15.8. The second-order valence-electron chi connectivity index (χ2n) is 11.4. The third-order valence-electron chi connectivity index (χ3n) is 6.88. The minimum atomic E-state index is -5.85. The van der Waals surface area contributed by atoms with Crippen LogP contribution in [0.2, 0.25) is 0 Å². The number of aromatic amines is 1. The Bertz CT molecular complexity index is 2060. The van der Waals surface area contributed by atoms with Gasteiger partial charge in [0, 0.05) is 18.1 Å². The molecule has 0 bridgehead atoms. The summed E-state index contributed by atoms with van der Waals surface area (Å²) in [6.07, 6.45) is -9.19. The number of hydrogen-bond donors (Lipinski definition) is 7. The molecule has 0 aliphatic carbocycles. The number of halogens is 3. The SMILES string of the molecule is CC(C)[C@@H](Oc1cn([C@@]2(C)C[C@H](O)[C@@H](COP(=O)(O)OP(=O)(O)OP(=O)(O)O)O2)c(=O)[nH]c1=O)c1ccc(C#CCNC(=O)C(F)(F)F)cc1[N+](=O)[O-]. The number of ether oxygens (including phenoxy) is 2. The molecule has 3 rings (SSSR count). The molecule has 294 valence electrons. The highest BCUT2D eigenvalue weighted by atomic mass is 31.3. The van der Waals surface area contributed by atoms with E-state index in [1.165, 1.54) is 24.4 Å². The monoisotopic (exact) mass is 824 g/mol. The van der Waals surface area contributed by atoms with Crippen LogP contribution in [0.4, 0.5) is 18.9 Å². The van der Waals surface area contributed by atoms with Crippen LogP contribution in [0.15, 0.2) is 34.0 Å². The quantitative estimate of drug-likeness (QED) is 0.0613. The van der Waals surface area contributed by atoms with Crippen LogP contribution in [-0.4, -0.2) is 76.6 Å². The number of alkyl halides is 3. The average Bonchev–Trinajstić information content (AvgIpc) is 3.28. The number of rotatable bonds is 14. The van der Waals surface area contributed by atoms with Gasteiger partial charge in [0.15, 0.2) is 0 Å². The smallest absolute Gasteiger partial charge is 0.478 e. The molecule has 22 nitrogen and oxygen atoms in total. The van der Waals surface area contributed by atoms with Gasteiger partial charge in [-0.25, -0.2) is 18.5 Å². The lowest BCUT2D eigenvalue weighted by molar-refractivity contribution is -0.386. The first-order valence-electron chi connectivity index (χ1n) is 14.4. The molecular formula is C25H30F3N4O18P3. The first kappa shape index (κ1) is 43.7. The van der Waals surface area contributed by atoms with Crippen LogP contribution >= 0.6 is 23.5 Å². The number of aliphatic hydroxyl groups is 1. The number of hydrogen-bond acceptors (Lipinski definition) is 14. The van der Waals surface area contributed by atoms with Crippen molar-refractivity contribution in [1.29, 1.82) is 0 Å². The summed E-state index contributed by atoms with van der Waals surface area (Å²) in [6, 6.07) is 3.46. The average molecular weight is 824 g/mol. The number of nitro benzene ring substituents is 1. The van der Waals surface area contributed by atoms with E-state index in [9.17, 15) is 66.3 Å². The van der Waals surface area contributed by atoms with Gasteiger partial charge in [-0.15, -0.1) is 0 Å². The summed E-state index contributed by atoms with van der Waals surface area (Å²) in [4.78, 5) is 86.2. The molecule has 7 N–H and O–H groups in total. The van der Waals surface area contributed by atoms with Crippen LogP contribution in [0.25, 0.3) is 0 Å². The summed E-state index contributed by atoms with van der Waals surface area (Å²) >= 11 is 0. The number of aliphatic hydroxyl groups excluding tert-OH is 1. The number of amides is 1. The molecule has 1 saturated heterocycles. The Morgan fingerprint density at radius 2 is 1.83 bits per heavy atom. The highest BCUT2D eigenvalue weighted by molar-refractivity contribution is 7.66. The van der Waals surface area contributed by atoms with Crippen LogP contribution < -0.4 is 21.3 Å². The van der Waals surface area contributed by atoms with E-state index in [2.05, 4.69) is 25.0 Å². The third kappa shape index (κ3) is 12.1. The molecule has 1 amide bonds. The lowest BCUT2D eigenvalue weighted by Crippen LogP contribution is -2.42. The Hall–Kier alpha value is -3.75. The number of nitro groups is 1. The van der Waals surface area contributed by atoms with E-state index in [-0.39, 0.29) is 11.1 Å². The van der Waals surface area contributed by atoms with Crippen molar-refractivity contribution >= 4 is 35.1 Å². The van der Waals surface area contributed by atoms with Crippen molar-refractivity contribution in [2.75, 3.05) is 13.2 Å². The lowest BCUT2D eigenvalue weighted by Gasteiger charge is -2.28. The highest BCUT2D eigenvalue weighted by Gasteiger charge is 2.47. The van der Waals surface area contributed by atoms with Crippen LogP contribution in [0.5, 0.6) is 5.75 Å². The molecular weight excluding hydrogens is 794 g/mol. The number of carbonyl (C=O) groups excluding carboxylic acids is 1. The maximum absolute atomic E-state index is 12.9. The molecule has 1 fully saturated rings. The first-order valence-corrected chi connectivity index (χ1v) is 18.9. The van der Waals surface area contributed by atoms with E-state index < -0.39 is 113 Å². The standard InChI is InChI=1S/C25H30F3N4O18P3/c1-13(2)20(15-7-6-14(9-16(15)32(37)38)5-4-8-29-22(35)25(26,27)28)47-18-11-31(23(36)30-21(18)34)24(3)10-17(33)19(48-24)12-46-52(42,43)50-53(44,45)49-51(39,40)41/h6-7,9,11,13,17,19-20,33H,8,10,12H2,1-3H3,(H,29,35)(H,42,43)(H,44,45)(H,30,34,36)(H2,39,40,41)/t17-,19+,20+,24+/m0/s1. The van der Waals surface area contributed by atoms with Crippen molar-refractivity contribution in [3.8, 4) is 17.6 Å². The first-order chi connectivity index (χ1) is 24.1. The number of benzene rings is 1. The number of H-pyrrole nitrogens is 1. The number of phosphoric acid groups is 3. The molecule has 0 saturated carbocycles. The number of carbonyl (C=O) groups is 1. The summed E-state index contributed by atoms with van der Waals surface area (Å²) in [5, 5.41) is 24.1. The minimum Gasteiger partial charge on any atom is -0.478 e. The number of aromatic nitrogens is 2. The van der Waals surface area contributed by atoms with Gasteiger partial charge in [0.1, 0.15) is 17.9 Å². The highest BCUT2D eigenvalue weighted by Crippen LogP contribution is 2.66. The minimum absolute atomic E-state index is 0.0250. The maximum atomic E-state index is 12.9. The van der Waals surface area contributed by atoms with Gasteiger partial charge in [-0.1, -0.05) is 25.7 Å². The second kappa shape index (κ2) is 16.3. The molecule has 2 aromatic rings. The van der Waals surface area contributed by atoms with Crippen LogP contribution in [0.3, 0.4) is 0 Å². The summed E-state index contributed by atoms with van der Waals surface area (Å²) < 4.78 is 95.6. The largest absolute Gasteiger partial charge is 0.490 e. The lowest BCUT2D eigenvalue weighted by atomic mass is 9.96. The molecule has 1 aromatic carbocycles. The topological polar surface area (TPSA) is 326 Å². The molecule has 0 radical (unpaired) electrons. The van der Waals surface area contributed by atoms with E-state index in [1.54, 1.807) is 13.8 Å². The zero-order chi connectivity index (χ0) is 40.3. The Kier molecular flexibility index (Phi) is 13.4. The van der Waals surface area contributed by atoms with Gasteiger partial charge in [-0.3, -0.25) is 33.8 Å². The Balaban J connectivity index is 1.86. The molecule has 2 unspecified atom stereocenters. The Morgan fingerprint density at radius 3 is 2.40 bits per heavy atom. The fraction of sp³-hybridized carbons (Fsp3) is 0.480. The fourth-order valence-corrected chi connectivity index (χ4v) is 7.75. The van der Waals surface area contributed by atoms with Gasteiger partial charge in [0.25, 0.3) is 11.2 Å². The number of nitrogens with one attached hydrogen (secondary N) is 2. The van der Waals surface area contributed by atoms with Crippen LogP contribution in [-0.2, 0) is 42.1 Å². The van der Waals surface area contributed by atoms with E-state index >= 15 is 0 Å². The molecule has 6 atom stereocenters. The maximum Gasteiger partial charge on any atom is 0.490 e. The molecule has 0 spiro atoms.